The normalized spacial score (nSPS) is 30.9. The number of carbonyl (C=O) groups excluding carboxylic acids is 1. The Bertz CT molecular complexity index is 1140. The Labute approximate surface area is 247 Å². The molecule has 0 aromatic heterocycles. The predicted molar refractivity (Wildman–Crippen MR) is 163 cm³/mol. The summed E-state index contributed by atoms with van der Waals surface area (Å²) in [5.74, 6) is -0.281. The van der Waals surface area contributed by atoms with Gasteiger partial charge in [-0.15, -0.1) is 18.3 Å². The number of halogens is 2. The van der Waals surface area contributed by atoms with E-state index in [1.165, 1.54) is 30.1 Å². The van der Waals surface area contributed by atoms with Crippen LogP contribution in [0.4, 0.5) is 8.78 Å². The van der Waals surface area contributed by atoms with Crippen molar-refractivity contribution in [1.82, 2.24) is 4.90 Å². The maximum Gasteiger partial charge on any atom is 0.242 e. The third-order valence-electron chi connectivity index (χ3n) is 8.61. The van der Waals surface area contributed by atoms with E-state index >= 15 is 0 Å². The van der Waals surface area contributed by atoms with Crippen LogP contribution in [0.3, 0.4) is 0 Å². The standard InChI is InChI=1S/C32H44F2N2O4S/c1-6-22(17-35-15-14-33)19(3)8-9-23(7-2)36-30(26-11-10-24(37)16-28(26)38)31(32(36)40)41-18-29(39)25-12-13-27(34)21(5)20(25)4/h6,8-9,12-13,15-16,20-22,25,27,29-31,37-39H,1,7,10-11,14,17-18H2,2-5H3/b19-8+,23-9+,35-15?/t20-,21?,22?,25?,27?,29+,30+,31+/m0/s1. The SMILES string of the molecule is C=CC(CN=CCF)/C(C)=C/C=C(\CC)N1C(=O)[C@H](SC[C@@H](O)C2C=CC(F)C(C)[C@@H]2C)[C@H]1C1=C(O)C=C(O)CC1. The molecule has 0 aromatic rings. The van der Waals surface area contributed by atoms with Crippen molar-refractivity contribution in [2.24, 2.45) is 28.7 Å². The molecule has 1 aliphatic heterocycles. The predicted octanol–water partition coefficient (Wildman–Crippen LogP) is 6.59. The maximum absolute atomic E-state index is 14.1. The molecular formula is C32H44F2N2O4S. The van der Waals surface area contributed by atoms with Crippen molar-refractivity contribution >= 4 is 23.9 Å². The number of aliphatic hydroxyl groups excluding tert-OH is 3. The van der Waals surface area contributed by atoms with Crippen LogP contribution in [0.5, 0.6) is 0 Å². The van der Waals surface area contributed by atoms with Crippen LogP contribution in [-0.2, 0) is 4.79 Å². The fourth-order valence-electron chi connectivity index (χ4n) is 5.68. The molecule has 9 heteroatoms. The van der Waals surface area contributed by atoms with Crippen LogP contribution >= 0.6 is 11.8 Å². The summed E-state index contributed by atoms with van der Waals surface area (Å²) in [6, 6.07) is -0.429. The number of aliphatic hydroxyl groups is 3. The van der Waals surface area contributed by atoms with Crippen molar-refractivity contribution in [2.75, 3.05) is 19.0 Å². The average molecular weight is 591 g/mol. The minimum absolute atomic E-state index is 0.0336. The smallest absolute Gasteiger partial charge is 0.242 e. The summed E-state index contributed by atoms with van der Waals surface area (Å²) in [4.78, 5) is 19.4. The number of β-lactam (4-membered cyclic amide) rings is 1. The van der Waals surface area contributed by atoms with Gasteiger partial charge >= 0.3 is 0 Å². The number of rotatable bonds is 13. The molecule has 4 unspecified atom stereocenters. The van der Waals surface area contributed by atoms with Crippen molar-refractivity contribution in [2.45, 2.75) is 70.5 Å². The highest BCUT2D eigenvalue weighted by Gasteiger charge is 2.51. The fraction of sp³-hybridized carbons (Fsp3) is 0.562. The Morgan fingerprint density at radius 1 is 1.24 bits per heavy atom. The molecular weight excluding hydrogens is 546 g/mol. The summed E-state index contributed by atoms with van der Waals surface area (Å²) in [6.07, 6.45) is 11.0. The minimum atomic E-state index is -1.03. The molecule has 1 saturated heterocycles. The highest BCUT2D eigenvalue weighted by atomic mass is 32.2. The first-order chi connectivity index (χ1) is 19.5. The Morgan fingerprint density at radius 2 is 1.98 bits per heavy atom. The second kappa shape index (κ2) is 15.0. The third kappa shape index (κ3) is 7.60. The molecule has 1 heterocycles. The Balaban J connectivity index is 1.85. The number of carbonyl (C=O) groups is 1. The summed E-state index contributed by atoms with van der Waals surface area (Å²) < 4.78 is 26.5. The van der Waals surface area contributed by atoms with Gasteiger partial charge in [0, 0.05) is 48.5 Å². The number of amides is 1. The molecule has 41 heavy (non-hydrogen) atoms. The summed E-state index contributed by atoms with van der Waals surface area (Å²) in [7, 11) is 0. The molecule has 8 atom stereocenters. The van der Waals surface area contributed by atoms with Crippen LogP contribution in [0.2, 0.25) is 0 Å². The van der Waals surface area contributed by atoms with E-state index in [1.54, 1.807) is 17.1 Å². The molecule has 0 bridgehead atoms. The number of hydrogen-bond donors (Lipinski definition) is 3. The first kappa shape index (κ1) is 32.9. The van der Waals surface area contributed by atoms with Crippen molar-refractivity contribution in [3.8, 4) is 0 Å². The van der Waals surface area contributed by atoms with Gasteiger partial charge in [-0.1, -0.05) is 50.6 Å². The van der Waals surface area contributed by atoms with Crippen LogP contribution in [0.15, 0.2) is 76.4 Å². The number of nitrogens with zero attached hydrogens (tertiary/aromatic N) is 2. The van der Waals surface area contributed by atoms with Gasteiger partial charge in [-0.2, -0.15) is 0 Å². The average Bonchev–Trinajstić information content (AvgIpc) is 2.94. The molecule has 226 valence electrons. The Morgan fingerprint density at radius 3 is 2.61 bits per heavy atom. The lowest BCUT2D eigenvalue weighted by Gasteiger charge is -2.49. The second-order valence-electron chi connectivity index (χ2n) is 11.1. The van der Waals surface area contributed by atoms with Crippen molar-refractivity contribution in [1.29, 1.82) is 0 Å². The number of hydrogen-bond acceptors (Lipinski definition) is 6. The minimum Gasteiger partial charge on any atom is -0.512 e. The van der Waals surface area contributed by atoms with Gasteiger partial charge in [0.25, 0.3) is 0 Å². The molecule has 2 aliphatic carbocycles. The van der Waals surface area contributed by atoms with Gasteiger partial charge in [0.2, 0.25) is 5.91 Å². The summed E-state index contributed by atoms with van der Waals surface area (Å²) in [6.45, 7) is 11.3. The molecule has 3 aliphatic rings. The van der Waals surface area contributed by atoms with Gasteiger partial charge < -0.3 is 20.2 Å². The van der Waals surface area contributed by atoms with E-state index in [2.05, 4.69) is 11.6 Å². The highest BCUT2D eigenvalue weighted by Crippen LogP contribution is 2.44. The number of aliphatic imine (C=N–C) groups is 1. The molecule has 0 saturated carbocycles. The molecule has 1 fully saturated rings. The van der Waals surface area contributed by atoms with E-state index < -0.39 is 30.2 Å². The van der Waals surface area contributed by atoms with Gasteiger partial charge in [0.1, 0.15) is 23.9 Å². The van der Waals surface area contributed by atoms with Crippen LogP contribution in [-0.4, -0.2) is 74.9 Å². The molecule has 0 aromatic carbocycles. The molecule has 3 N–H and O–H groups in total. The Kier molecular flexibility index (Phi) is 12.0. The molecule has 0 radical (unpaired) electrons. The van der Waals surface area contributed by atoms with E-state index in [0.717, 1.165) is 11.3 Å². The number of allylic oxidation sites excluding steroid dienone is 6. The van der Waals surface area contributed by atoms with E-state index in [0.29, 0.717) is 37.1 Å². The maximum atomic E-state index is 14.1. The lowest BCUT2D eigenvalue weighted by molar-refractivity contribution is -0.140. The zero-order chi connectivity index (χ0) is 30.3. The molecule has 6 nitrogen and oxygen atoms in total. The van der Waals surface area contributed by atoms with Crippen molar-refractivity contribution in [3.05, 3.63) is 71.4 Å². The van der Waals surface area contributed by atoms with Gasteiger partial charge in [0.15, 0.2) is 0 Å². The van der Waals surface area contributed by atoms with Crippen molar-refractivity contribution < 1.29 is 28.9 Å². The number of thioether (sulfide) groups is 1. The third-order valence-corrected chi connectivity index (χ3v) is 9.96. The lowest BCUT2D eigenvalue weighted by Crippen LogP contribution is -2.63. The second-order valence-corrected chi connectivity index (χ2v) is 12.3. The van der Waals surface area contributed by atoms with E-state index in [1.807, 2.05) is 39.8 Å². The molecule has 0 spiro atoms. The monoisotopic (exact) mass is 590 g/mol. The van der Waals surface area contributed by atoms with Crippen LogP contribution < -0.4 is 0 Å². The largest absolute Gasteiger partial charge is 0.512 e. The molecule has 1 amide bonds. The zero-order valence-corrected chi connectivity index (χ0v) is 25.2. The highest BCUT2D eigenvalue weighted by molar-refractivity contribution is 8.00. The van der Waals surface area contributed by atoms with Gasteiger partial charge in [-0.05, 0) is 43.3 Å². The van der Waals surface area contributed by atoms with Crippen LogP contribution in [0.1, 0.15) is 47.0 Å². The summed E-state index contributed by atoms with van der Waals surface area (Å²) in [5.41, 5.74) is 2.42. The first-order valence-corrected chi connectivity index (χ1v) is 15.4. The van der Waals surface area contributed by atoms with Gasteiger partial charge in [0.05, 0.1) is 17.9 Å². The van der Waals surface area contributed by atoms with Crippen LogP contribution in [0, 0.1) is 23.7 Å². The van der Waals surface area contributed by atoms with Crippen molar-refractivity contribution in [3.63, 3.8) is 0 Å². The molecule has 3 rings (SSSR count). The zero-order valence-electron chi connectivity index (χ0n) is 24.4. The van der Waals surface area contributed by atoms with Gasteiger partial charge in [-0.25, -0.2) is 8.78 Å². The lowest BCUT2D eigenvalue weighted by atomic mass is 9.75. The van der Waals surface area contributed by atoms with Gasteiger partial charge in [-0.3, -0.25) is 9.79 Å². The van der Waals surface area contributed by atoms with E-state index in [-0.39, 0.29) is 41.1 Å². The number of likely N-dealkylation sites (tertiary alicyclic amines) is 1. The Hall–Kier alpha value is -2.65. The number of alkyl halides is 2. The topological polar surface area (TPSA) is 93.4 Å². The fourth-order valence-corrected chi connectivity index (χ4v) is 7.03. The summed E-state index contributed by atoms with van der Waals surface area (Å²) >= 11 is 1.36. The summed E-state index contributed by atoms with van der Waals surface area (Å²) in [5, 5.41) is 31.2. The first-order valence-electron chi connectivity index (χ1n) is 14.4. The van der Waals surface area contributed by atoms with E-state index in [9.17, 15) is 28.9 Å². The van der Waals surface area contributed by atoms with E-state index in [4.69, 9.17) is 0 Å². The van der Waals surface area contributed by atoms with Crippen LogP contribution in [0.25, 0.3) is 0 Å². The quantitative estimate of drug-likeness (QED) is 0.0975.